The molecule has 35 heavy (non-hydrogen) atoms. The van der Waals surface area contributed by atoms with Gasteiger partial charge in [0.1, 0.15) is 11.4 Å². The van der Waals surface area contributed by atoms with Gasteiger partial charge in [-0.1, -0.05) is 31.4 Å². The number of hydrogen-bond acceptors (Lipinski definition) is 7. The molecule has 0 unspecified atom stereocenters. The molecular weight excluding hydrogens is 448 g/mol. The monoisotopic (exact) mass is 484 g/mol. The van der Waals surface area contributed by atoms with Gasteiger partial charge >= 0.3 is 5.97 Å². The normalized spacial score (nSPS) is 13.9. The van der Waals surface area contributed by atoms with Crippen molar-refractivity contribution in [1.82, 2.24) is 15.4 Å². The number of hydrazine groups is 1. The summed E-state index contributed by atoms with van der Waals surface area (Å²) >= 11 is 0. The Morgan fingerprint density at radius 1 is 1.23 bits per heavy atom. The fourth-order valence-electron chi connectivity index (χ4n) is 3.69. The number of nitrogens with one attached hydrogen (secondary N) is 1. The zero-order valence-corrected chi connectivity index (χ0v) is 20.7. The number of rotatable bonds is 8. The minimum atomic E-state index is -0.602. The van der Waals surface area contributed by atoms with E-state index in [2.05, 4.69) is 15.4 Å². The second kappa shape index (κ2) is 13.9. The van der Waals surface area contributed by atoms with Gasteiger partial charge < -0.3 is 20.9 Å². The molecule has 2 aromatic rings. The van der Waals surface area contributed by atoms with Crippen molar-refractivity contribution in [2.24, 2.45) is 22.6 Å². The van der Waals surface area contributed by atoms with Gasteiger partial charge in [-0.25, -0.2) is 15.9 Å². The lowest BCUT2D eigenvalue weighted by atomic mass is 9.90. The summed E-state index contributed by atoms with van der Waals surface area (Å²) in [4.78, 5) is 27.1. The summed E-state index contributed by atoms with van der Waals surface area (Å²) in [6.45, 7) is 4.66. The van der Waals surface area contributed by atoms with E-state index in [4.69, 9.17) is 21.4 Å². The molecule has 1 heterocycles. The highest BCUT2D eigenvalue weighted by Crippen LogP contribution is 2.23. The lowest BCUT2D eigenvalue weighted by Gasteiger charge is -2.16. The lowest BCUT2D eigenvalue weighted by molar-refractivity contribution is -0.142. The fraction of sp³-hybridized carbons (Fsp3) is 0.440. The molecule has 1 amide bonds. The maximum Gasteiger partial charge on any atom is 0.306 e. The van der Waals surface area contributed by atoms with Gasteiger partial charge in [-0.3, -0.25) is 9.59 Å². The van der Waals surface area contributed by atoms with E-state index in [1.54, 1.807) is 26.1 Å². The van der Waals surface area contributed by atoms with Gasteiger partial charge in [0.15, 0.2) is 5.84 Å². The van der Waals surface area contributed by atoms with Crippen LogP contribution in [0.15, 0.2) is 41.5 Å². The number of aromatic nitrogens is 1. The Hall–Kier alpha value is -3.66. The molecule has 0 spiro atoms. The average molecular weight is 485 g/mol. The predicted molar refractivity (Wildman–Crippen MR) is 135 cm³/mol. The summed E-state index contributed by atoms with van der Waals surface area (Å²) in [5, 5.41) is 16.4. The van der Waals surface area contributed by atoms with Gasteiger partial charge in [0, 0.05) is 24.8 Å². The molecule has 0 atom stereocenters. The van der Waals surface area contributed by atoms with Gasteiger partial charge in [-0.05, 0) is 56.5 Å². The quantitative estimate of drug-likeness (QED) is 0.193. The van der Waals surface area contributed by atoms with Gasteiger partial charge in [0.2, 0.25) is 0 Å². The van der Waals surface area contributed by atoms with Crippen LogP contribution in [0.25, 0.3) is 0 Å². The standard InChI is InChI=1S/C18H24N6O2.C7H12O2/c1-4-26-15-7-5-6-13(9-15)11-21-18(25)16-10-14(8-12(2)22-16)17(19)23-24(3)20;8-7(9)6-4-2-1-3-5-6/h5-10H,4,11,20H2,1-3H3,(H2,19,23)(H,21,25);6H,1-5H2,(H,8,9). The molecule has 10 heteroatoms. The number of amides is 1. The molecule has 1 aliphatic rings. The highest BCUT2D eigenvalue weighted by Gasteiger charge is 2.19. The molecule has 1 saturated carbocycles. The molecule has 1 aromatic heterocycles. The van der Waals surface area contributed by atoms with Crippen molar-refractivity contribution in [3.8, 4) is 5.75 Å². The van der Waals surface area contributed by atoms with E-state index in [0.717, 1.165) is 42.1 Å². The Balaban J connectivity index is 0.000000402. The van der Waals surface area contributed by atoms with Crippen LogP contribution in [0.3, 0.4) is 0 Å². The molecule has 0 aliphatic heterocycles. The number of pyridine rings is 1. The van der Waals surface area contributed by atoms with Crippen molar-refractivity contribution in [2.45, 2.75) is 52.5 Å². The minimum absolute atomic E-state index is 0.0289. The van der Waals surface area contributed by atoms with Crippen LogP contribution in [0.4, 0.5) is 0 Å². The Bertz CT molecular complexity index is 1020. The number of carbonyl (C=O) groups excluding carboxylic acids is 1. The number of carbonyl (C=O) groups is 2. The van der Waals surface area contributed by atoms with Crippen LogP contribution in [0.5, 0.6) is 5.75 Å². The van der Waals surface area contributed by atoms with Crippen LogP contribution in [-0.4, -0.2) is 46.6 Å². The van der Waals surface area contributed by atoms with E-state index < -0.39 is 5.97 Å². The summed E-state index contributed by atoms with van der Waals surface area (Å²) in [5.74, 6) is 5.52. The molecule has 0 bridgehead atoms. The summed E-state index contributed by atoms with van der Waals surface area (Å²) in [6, 6.07) is 10.9. The number of hydrogen-bond donors (Lipinski definition) is 4. The number of benzene rings is 1. The van der Waals surface area contributed by atoms with E-state index in [9.17, 15) is 9.59 Å². The third kappa shape index (κ3) is 9.62. The summed E-state index contributed by atoms with van der Waals surface area (Å²) in [5.41, 5.74) is 8.33. The molecule has 3 rings (SSSR count). The highest BCUT2D eigenvalue weighted by atomic mass is 16.5. The van der Waals surface area contributed by atoms with Crippen LogP contribution in [0, 0.1) is 12.8 Å². The van der Waals surface area contributed by atoms with E-state index in [0.29, 0.717) is 24.4 Å². The second-order valence-electron chi connectivity index (χ2n) is 8.38. The van der Waals surface area contributed by atoms with E-state index >= 15 is 0 Å². The van der Waals surface area contributed by atoms with Gasteiger partial charge in [-0.15, -0.1) is 5.10 Å². The average Bonchev–Trinajstić information content (AvgIpc) is 2.83. The first-order valence-electron chi connectivity index (χ1n) is 11.7. The Morgan fingerprint density at radius 2 is 1.94 bits per heavy atom. The van der Waals surface area contributed by atoms with Crippen molar-refractivity contribution in [3.63, 3.8) is 0 Å². The maximum atomic E-state index is 12.5. The number of nitrogens with two attached hydrogens (primary N) is 2. The zero-order chi connectivity index (χ0) is 25.8. The third-order valence-corrected chi connectivity index (χ3v) is 5.36. The number of aryl methyl sites for hydroxylation is 1. The van der Waals surface area contributed by atoms with Gasteiger partial charge in [0.25, 0.3) is 5.91 Å². The number of aliphatic carboxylic acids is 1. The molecule has 0 saturated heterocycles. The molecule has 190 valence electrons. The number of carboxylic acids is 1. The highest BCUT2D eigenvalue weighted by molar-refractivity contribution is 6.00. The largest absolute Gasteiger partial charge is 0.494 e. The molecule has 0 radical (unpaired) electrons. The number of amidine groups is 1. The van der Waals surface area contributed by atoms with E-state index in [1.807, 2.05) is 31.2 Å². The molecule has 1 aliphatic carbocycles. The zero-order valence-electron chi connectivity index (χ0n) is 20.7. The molecule has 10 nitrogen and oxygen atoms in total. The fourth-order valence-corrected chi connectivity index (χ4v) is 3.69. The first-order valence-corrected chi connectivity index (χ1v) is 11.7. The number of hydrazone groups is 1. The maximum absolute atomic E-state index is 12.5. The van der Waals surface area contributed by atoms with Crippen molar-refractivity contribution in [2.75, 3.05) is 13.7 Å². The summed E-state index contributed by atoms with van der Waals surface area (Å²) in [6.07, 6.45) is 5.24. The van der Waals surface area contributed by atoms with Crippen molar-refractivity contribution < 1.29 is 19.4 Å². The van der Waals surface area contributed by atoms with Gasteiger partial charge in [0.05, 0.1) is 12.5 Å². The molecule has 6 N–H and O–H groups in total. The SMILES string of the molecule is CCOc1cccc(CNC(=O)c2cc(/C(N)=N/N(C)N)cc(C)n2)c1.O=C(O)C1CCCCC1. The van der Waals surface area contributed by atoms with Gasteiger partial charge in [-0.2, -0.15) is 0 Å². The number of ether oxygens (including phenoxy) is 1. The van der Waals surface area contributed by atoms with Crippen molar-refractivity contribution >= 4 is 17.7 Å². The Kier molecular flexibility index (Phi) is 11.0. The first-order chi connectivity index (χ1) is 16.7. The Morgan fingerprint density at radius 3 is 2.54 bits per heavy atom. The topological polar surface area (TPSA) is 156 Å². The number of carboxylic acid groups (broad SMARTS) is 1. The second-order valence-corrected chi connectivity index (χ2v) is 8.38. The molecule has 1 aromatic carbocycles. The van der Waals surface area contributed by atoms with Crippen LogP contribution < -0.4 is 21.6 Å². The molecular formula is C25H36N6O4. The van der Waals surface area contributed by atoms with Crippen LogP contribution in [0.2, 0.25) is 0 Å². The summed E-state index contributed by atoms with van der Waals surface area (Å²) in [7, 11) is 1.56. The van der Waals surface area contributed by atoms with Crippen LogP contribution in [0.1, 0.15) is 66.3 Å². The Labute approximate surface area is 206 Å². The third-order valence-electron chi connectivity index (χ3n) is 5.36. The van der Waals surface area contributed by atoms with Crippen molar-refractivity contribution in [1.29, 1.82) is 0 Å². The first kappa shape index (κ1) is 27.6. The van der Waals surface area contributed by atoms with E-state index in [1.165, 1.54) is 6.42 Å². The predicted octanol–water partition coefficient (Wildman–Crippen LogP) is 2.80. The van der Waals surface area contributed by atoms with Crippen LogP contribution in [-0.2, 0) is 11.3 Å². The van der Waals surface area contributed by atoms with Crippen molar-refractivity contribution in [3.05, 3.63) is 58.9 Å². The lowest BCUT2D eigenvalue weighted by Crippen LogP contribution is -2.27. The van der Waals surface area contributed by atoms with E-state index in [-0.39, 0.29) is 23.4 Å². The molecule has 1 fully saturated rings. The smallest absolute Gasteiger partial charge is 0.306 e. The summed E-state index contributed by atoms with van der Waals surface area (Å²) < 4.78 is 5.46. The number of nitrogens with zero attached hydrogens (tertiary/aromatic N) is 3. The minimum Gasteiger partial charge on any atom is -0.494 e. The van der Waals surface area contributed by atoms with Crippen LogP contribution >= 0.6 is 0 Å².